The molecule has 2 aromatic rings. The Hall–Kier alpha value is -2.35. The first-order valence-electron chi connectivity index (χ1n) is 8.70. The molecule has 1 amide bonds. The van der Waals surface area contributed by atoms with Crippen LogP contribution in [0.25, 0.3) is 0 Å². The fraction of sp³-hybridized carbons (Fsp3) is 0.222. The number of aliphatic hydroxyl groups excluding tert-OH is 1. The number of halogens is 5. The smallest absolute Gasteiger partial charge is 0.368 e. The van der Waals surface area contributed by atoms with Crippen molar-refractivity contribution in [1.82, 2.24) is 10.0 Å². The first kappa shape index (κ1) is 24.3. The molecule has 0 saturated carbocycles. The van der Waals surface area contributed by atoms with Gasteiger partial charge in [-0.1, -0.05) is 17.7 Å². The molecule has 3 rings (SSSR count). The lowest BCUT2D eigenvalue weighted by Crippen LogP contribution is -2.28. The van der Waals surface area contributed by atoms with Gasteiger partial charge in [-0.25, -0.2) is 17.8 Å². The molecule has 172 valence electrons. The van der Waals surface area contributed by atoms with Crippen LogP contribution < -0.4 is 10.0 Å². The Morgan fingerprint density at radius 1 is 1.19 bits per heavy atom. The predicted molar refractivity (Wildman–Crippen MR) is 110 cm³/mol. The average Bonchev–Trinajstić information content (AvgIpc) is 3.01. The van der Waals surface area contributed by atoms with Crippen molar-refractivity contribution in [2.45, 2.75) is 29.3 Å². The maximum atomic E-state index is 13.2. The van der Waals surface area contributed by atoms with Gasteiger partial charge in [0.15, 0.2) is 16.9 Å². The predicted octanol–water partition coefficient (Wildman–Crippen LogP) is 3.28. The van der Waals surface area contributed by atoms with Gasteiger partial charge in [0.1, 0.15) is 0 Å². The van der Waals surface area contributed by atoms with E-state index < -0.39 is 44.4 Å². The normalized spacial score (nSPS) is 18.9. The van der Waals surface area contributed by atoms with Crippen LogP contribution >= 0.6 is 23.4 Å². The van der Waals surface area contributed by atoms with Crippen molar-refractivity contribution in [3.8, 4) is 0 Å². The van der Waals surface area contributed by atoms with Crippen molar-refractivity contribution < 1.29 is 35.9 Å². The van der Waals surface area contributed by atoms with Gasteiger partial charge in [0.25, 0.3) is 15.9 Å². The molecule has 2 unspecified atom stereocenters. The van der Waals surface area contributed by atoms with E-state index in [-0.39, 0.29) is 22.2 Å². The number of hydrogen-bond donors (Lipinski definition) is 3. The zero-order valence-corrected chi connectivity index (χ0v) is 18.1. The van der Waals surface area contributed by atoms with Gasteiger partial charge in [-0.2, -0.15) is 13.2 Å². The van der Waals surface area contributed by atoms with Crippen LogP contribution in [0.1, 0.15) is 21.5 Å². The highest BCUT2D eigenvalue weighted by molar-refractivity contribution is 8.15. The van der Waals surface area contributed by atoms with Gasteiger partial charge in [0.05, 0.1) is 15.5 Å². The molecule has 0 aliphatic carbocycles. The lowest BCUT2D eigenvalue weighted by atomic mass is 10.1. The number of rotatable bonds is 5. The summed E-state index contributed by atoms with van der Waals surface area (Å²) in [6.45, 7) is -0.109. The molecule has 7 nitrogen and oxygen atoms in total. The zero-order chi connectivity index (χ0) is 23.7. The number of amides is 1. The largest absolute Gasteiger partial charge is 0.417 e. The van der Waals surface area contributed by atoms with Gasteiger partial charge in [0.2, 0.25) is 0 Å². The third-order valence-corrected chi connectivity index (χ3v) is 6.84. The fourth-order valence-corrected chi connectivity index (χ4v) is 4.86. The molecule has 14 heteroatoms. The van der Waals surface area contributed by atoms with Crippen molar-refractivity contribution in [3.05, 3.63) is 64.2 Å². The van der Waals surface area contributed by atoms with E-state index in [1.54, 1.807) is 0 Å². The molecule has 2 atom stereocenters. The second-order valence-electron chi connectivity index (χ2n) is 6.44. The molecule has 32 heavy (non-hydrogen) atoms. The second-order valence-corrected chi connectivity index (χ2v) is 9.60. The summed E-state index contributed by atoms with van der Waals surface area (Å²) >= 11 is 6.06. The minimum atomic E-state index is -4.59. The van der Waals surface area contributed by atoms with Crippen LogP contribution in [-0.2, 0) is 22.7 Å². The number of carbonyl (C=O) groups excluding carboxylic acids is 1. The Labute approximate surface area is 188 Å². The van der Waals surface area contributed by atoms with E-state index in [1.165, 1.54) is 18.2 Å². The van der Waals surface area contributed by atoms with Gasteiger partial charge in [-0.3, -0.25) is 9.52 Å². The van der Waals surface area contributed by atoms with Crippen LogP contribution in [0.4, 0.5) is 17.6 Å². The number of nitrogens with one attached hydrogen (secondary N) is 2. The Balaban J connectivity index is 1.63. The molecular weight excluding hydrogens is 498 g/mol. The molecule has 3 N–H and O–H groups in total. The molecule has 0 radical (unpaired) electrons. The van der Waals surface area contributed by atoms with Gasteiger partial charge >= 0.3 is 6.18 Å². The minimum Gasteiger partial charge on any atom is -0.368 e. The van der Waals surface area contributed by atoms with E-state index >= 15 is 0 Å². The SMILES string of the molecule is O=C(NCc1ccc(C(F)(F)F)c(Cl)c1)c1ccc(S(=O)(=O)NC2=NC(O)C(F)S2)cc1. The Morgan fingerprint density at radius 2 is 1.84 bits per heavy atom. The number of carbonyl (C=O) groups is 1. The van der Waals surface area contributed by atoms with Gasteiger partial charge in [-0.05, 0) is 53.7 Å². The van der Waals surface area contributed by atoms with Crippen molar-refractivity contribution >= 4 is 44.5 Å². The Bertz CT molecular complexity index is 1160. The lowest BCUT2D eigenvalue weighted by molar-refractivity contribution is -0.137. The summed E-state index contributed by atoms with van der Waals surface area (Å²) in [6.07, 6.45) is -6.25. The second kappa shape index (κ2) is 9.25. The van der Waals surface area contributed by atoms with Crippen LogP contribution in [0, 0.1) is 0 Å². The van der Waals surface area contributed by atoms with E-state index in [2.05, 4.69) is 10.3 Å². The maximum Gasteiger partial charge on any atom is 0.417 e. The van der Waals surface area contributed by atoms with Crippen LogP contribution in [0.15, 0.2) is 52.4 Å². The summed E-state index contributed by atoms with van der Waals surface area (Å²) in [5.41, 5.74) is -2.34. The molecule has 0 aromatic heterocycles. The number of amidine groups is 1. The molecule has 0 saturated heterocycles. The van der Waals surface area contributed by atoms with E-state index in [0.717, 1.165) is 24.3 Å². The molecular formula is C18H14ClF4N3O4S2. The molecule has 0 bridgehead atoms. The van der Waals surface area contributed by atoms with Crippen molar-refractivity contribution in [2.75, 3.05) is 0 Å². The van der Waals surface area contributed by atoms with E-state index in [0.29, 0.717) is 17.3 Å². The summed E-state index contributed by atoms with van der Waals surface area (Å²) in [5, 5.41) is 10.9. The van der Waals surface area contributed by atoms with Gasteiger partial charge in [-0.15, -0.1) is 0 Å². The van der Waals surface area contributed by atoms with Crippen LogP contribution in [0.2, 0.25) is 5.02 Å². The third kappa shape index (κ3) is 5.71. The first-order valence-corrected chi connectivity index (χ1v) is 11.4. The van der Waals surface area contributed by atoms with Crippen molar-refractivity contribution in [2.24, 2.45) is 4.99 Å². The molecule has 2 aromatic carbocycles. The minimum absolute atomic E-state index is 0.0915. The lowest BCUT2D eigenvalue weighted by Gasteiger charge is -2.11. The van der Waals surface area contributed by atoms with Gasteiger partial charge in [0, 0.05) is 12.1 Å². The highest BCUT2D eigenvalue weighted by atomic mass is 35.5. The summed E-state index contributed by atoms with van der Waals surface area (Å²) in [7, 11) is -4.13. The van der Waals surface area contributed by atoms with Crippen molar-refractivity contribution in [1.29, 1.82) is 0 Å². The summed E-state index contributed by atoms with van der Waals surface area (Å²) < 4.78 is 78.1. The van der Waals surface area contributed by atoms with Crippen LogP contribution in [0.5, 0.6) is 0 Å². The average molecular weight is 512 g/mol. The number of benzene rings is 2. The quantitative estimate of drug-likeness (QED) is 0.534. The standard InChI is InChI=1S/C18H14ClF4N3O4S2/c19-13-7-9(1-6-12(13)18(21,22)23)8-24-15(27)10-2-4-11(5-3-10)32(29,30)26-17-25-16(28)14(20)31-17/h1-7,14,16,28H,8H2,(H,24,27)(H,25,26). The van der Waals surface area contributed by atoms with E-state index in [1.807, 2.05) is 4.72 Å². The van der Waals surface area contributed by atoms with Crippen LogP contribution in [-0.4, -0.2) is 36.3 Å². The van der Waals surface area contributed by atoms with Crippen molar-refractivity contribution in [3.63, 3.8) is 0 Å². The monoisotopic (exact) mass is 511 g/mol. The maximum absolute atomic E-state index is 13.2. The molecule has 1 heterocycles. The number of alkyl halides is 4. The molecule has 1 aliphatic rings. The van der Waals surface area contributed by atoms with Crippen LogP contribution in [0.3, 0.4) is 0 Å². The topological polar surface area (TPSA) is 108 Å². The number of nitrogens with zero attached hydrogens (tertiary/aromatic N) is 1. The molecule has 0 fully saturated rings. The summed E-state index contributed by atoms with van der Waals surface area (Å²) in [4.78, 5) is 15.5. The number of sulfonamides is 1. The number of aliphatic imine (C=N–C) groups is 1. The summed E-state index contributed by atoms with van der Waals surface area (Å²) in [5.74, 6) is -0.600. The number of aliphatic hydroxyl groups is 1. The third-order valence-electron chi connectivity index (χ3n) is 4.15. The highest BCUT2D eigenvalue weighted by Crippen LogP contribution is 2.35. The van der Waals surface area contributed by atoms with E-state index in [9.17, 15) is 35.9 Å². The fourth-order valence-electron chi connectivity index (χ4n) is 2.57. The zero-order valence-electron chi connectivity index (χ0n) is 15.7. The first-order chi connectivity index (χ1) is 14.9. The number of hydrogen-bond acceptors (Lipinski definition) is 6. The summed E-state index contributed by atoms with van der Waals surface area (Å²) in [6, 6.07) is 7.80. The number of thioether (sulfide) groups is 1. The Kier molecular flexibility index (Phi) is 7.03. The van der Waals surface area contributed by atoms with Gasteiger partial charge < -0.3 is 10.4 Å². The highest BCUT2D eigenvalue weighted by Gasteiger charge is 2.33. The Morgan fingerprint density at radius 3 is 2.38 bits per heavy atom. The molecule has 0 spiro atoms. The van der Waals surface area contributed by atoms with E-state index in [4.69, 9.17) is 11.6 Å². The molecule has 1 aliphatic heterocycles.